The Hall–Kier alpha value is -0.860. The molecule has 2 bridgehead atoms. The zero-order valence-corrected chi connectivity index (χ0v) is 9.51. The molecule has 2 aliphatic rings. The largest absolute Gasteiger partial charge is 0.296 e. The standard InChI is InChI=1S/C12H19NO2/c1-3-4-6-12-7-5-9(8(12)2)10(14)13-11(12)15/h8-9H,3-7H2,1-2H3,(H,13,14,15). The number of fused-ring (bicyclic) bond motifs is 2. The van der Waals surface area contributed by atoms with Crippen LogP contribution < -0.4 is 5.32 Å². The molecule has 84 valence electrons. The highest BCUT2D eigenvalue weighted by Gasteiger charge is 2.56. The van der Waals surface area contributed by atoms with Crippen molar-refractivity contribution in [3.05, 3.63) is 0 Å². The molecule has 0 spiro atoms. The molecule has 15 heavy (non-hydrogen) atoms. The van der Waals surface area contributed by atoms with Crippen molar-refractivity contribution in [1.29, 1.82) is 0 Å². The van der Waals surface area contributed by atoms with E-state index < -0.39 is 0 Å². The van der Waals surface area contributed by atoms with Crippen LogP contribution in [0.4, 0.5) is 0 Å². The summed E-state index contributed by atoms with van der Waals surface area (Å²) < 4.78 is 0. The Labute approximate surface area is 90.6 Å². The van der Waals surface area contributed by atoms with Crippen LogP contribution in [0.1, 0.15) is 46.0 Å². The highest BCUT2D eigenvalue weighted by atomic mass is 16.2. The quantitative estimate of drug-likeness (QED) is 0.721. The average molecular weight is 209 g/mol. The first-order valence-corrected chi connectivity index (χ1v) is 5.97. The van der Waals surface area contributed by atoms with Crippen molar-refractivity contribution in [2.75, 3.05) is 0 Å². The SMILES string of the molecule is CCCCC12CCC(C(=O)NC1=O)C2C. The minimum Gasteiger partial charge on any atom is -0.296 e. The molecule has 1 aliphatic carbocycles. The third-order valence-electron chi connectivity index (χ3n) is 4.38. The van der Waals surface area contributed by atoms with Gasteiger partial charge in [-0.15, -0.1) is 0 Å². The Balaban J connectivity index is 2.23. The second-order valence-electron chi connectivity index (χ2n) is 5.01. The number of imide groups is 1. The zero-order valence-electron chi connectivity index (χ0n) is 9.51. The molecule has 3 unspecified atom stereocenters. The van der Waals surface area contributed by atoms with Gasteiger partial charge in [-0.05, 0) is 25.2 Å². The number of amides is 2. The van der Waals surface area contributed by atoms with Crippen LogP contribution in [-0.2, 0) is 9.59 Å². The number of nitrogens with one attached hydrogen (secondary N) is 1. The maximum absolute atomic E-state index is 12.0. The van der Waals surface area contributed by atoms with E-state index >= 15 is 0 Å². The predicted molar refractivity (Wildman–Crippen MR) is 57.0 cm³/mol. The van der Waals surface area contributed by atoms with Gasteiger partial charge in [-0.2, -0.15) is 0 Å². The van der Waals surface area contributed by atoms with Crippen molar-refractivity contribution in [1.82, 2.24) is 5.32 Å². The number of unbranched alkanes of at least 4 members (excludes halogenated alkanes) is 1. The van der Waals surface area contributed by atoms with E-state index in [1.165, 1.54) is 0 Å². The lowest BCUT2D eigenvalue weighted by molar-refractivity contribution is -0.146. The number of carbonyl (C=O) groups excluding carboxylic acids is 2. The van der Waals surface area contributed by atoms with Crippen molar-refractivity contribution in [3.8, 4) is 0 Å². The zero-order chi connectivity index (χ0) is 11.1. The van der Waals surface area contributed by atoms with Crippen LogP contribution >= 0.6 is 0 Å². The van der Waals surface area contributed by atoms with Gasteiger partial charge < -0.3 is 0 Å². The number of hydrogen-bond acceptors (Lipinski definition) is 2. The van der Waals surface area contributed by atoms with E-state index in [9.17, 15) is 9.59 Å². The number of hydrogen-bond donors (Lipinski definition) is 1. The van der Waals surface area contributed by atoms with Crippen molar-refractivity contribution < 1.29 is 9.59 Å². The van der Waals surface area contributed by atoms with Gasteiger partial charge >= 0.3 is 0 Å². The van der Waals surface area contributed by atoms with Gasteiger partial charge in [-0.25, -0.2) is 0 Å². The highest BCUT2D eigenvalue weighted by Crippen LogP contribution is 2.52. The van der Waals surface area contributed by atoms with Gasteiger partial charge in [0.05, 0.1) is 5.41 Å². The van der Waals surface area contributed by atoms with E-state index in [2.05, 4.69) is 19.2 Å². The summed E-state index contributed by atoms with van der Waals surface area (Å²) in [6.45, 7) is 4.21. The molecule has 1 heterocycles. The van der Waals surface area contributed by atoms with Crippen LogP contribution in [0.3, 0.4) is 0 Å². The fraction of sp³-hybridized carbons (Fsp3) is 0.833. The van der Waals surface area contributed by atoms with Gasteiger partial charge in [-0.3, -0.25) is 14.9 Å². The molecule has 1 N–H and O–H groups in total. The normalized spacial score (nSPS) is 39.3. The topological polar surface area (TPSA) is 46.2 Å². The molecule has 0 aromatic heterocycles. The summed E-state index contributed by atoms with van der Waals surface area (Å²) in [5.41, 5.74) is -0.228. The van der Waals surface area contributed by atoms with Gasteiger partial charge in [0.25, 0.3) is 0 Å². The summed E-state index contributed by atoms with van der Waals surface area (Å²) >= 11 is 0. The second kappa shape index (κ2) is 3.62. The van der Waals surface area contributed by atoms with E-state index in [0.29, 0.717) is 0 Å². The first kappa shape index (κ1) is 10.7. The summed E-state index contributed by atoms with van der Waals surface area (Å²) in [5, 5.41) is 2.54. The second-order valence-corrected chi connectivity index (χ2v) is 5.01. The maximum atomic E-state index is 12.0. The molecule has 3 nitrogen and oxygen atoms in total. The molecular formula is C12H19NO2. The molecule has 0 aromatic carbocycles. The molecule has 2 fully saturated rings. The molecule has 0 radical (unpaired) electrons. The van der Waals surface area contributed by atoms with Crippen LogP contribution in [0.5, 0.6) is 0 Å². The van der Waals surface area contributed by atoms with E-state index in [1.54, 1.807) is 0 Å². The van der Waals surface area contributed by atoms with Crippen LogP contribution in [0.25, 0.3) is 0 Å². The Bertz CT molecular complexity index is 300. The Morgan fingerprint density at radius 3 is 2.87 bits per heavy atom. The average Bonchev–Trinajstić information content (AvgIpc) is 2.46. The fourth-order valence-corrected chi connectivity index (χ4v) is 3.24. The van der Waals surface area contributed by atoms with E-state index in [4.69, 9.17) is 0 Å². The number of rotatable bonds is 3. The monoisotopic (exact) mass is 209 g/mol. The summed E-state index contributed by atoms with van der Waals surface area (Å²) in [7, 11) is 0. The van der Waals surface area contributed by atoms with E-state index in [-0.39, 0.29) is 29.1 Å². The predicted octanol–water partition coefficient (Wildman–Crippen LogP) is 1.87. The molecule has 1 aliphatic heterocycles. The third-order valence-corrected chi connectivity index (χ3v) is 4.38. The third kappa shape index (κ3) is 1.40. The minimum absolute atomic E-state index is 0.0119. The van der Waals surface area contributed by atoms with Crippen LogP contribution in [-0.4, -0.2) is 11.8 Å². The maximum Gasteiger partial charge on any atom is 0.233 e. The van der Waals surface area contributed by atoms with Gasteiger partial charge in [0, 0.05) is 5.92 Å². The first-order chi connectivity index (χ1) is 7.12. The molecule has 3 heteroatoms. The molecule has 1 saturated carbocycles. The smallest absolute Gasteiger partial charge is 0.233 e. The van der Waals surface area contributed by atoms with Gasteiger partial charge in [0.1, 0.15) is 0 Å². The van der Waals surface area contributed by atoms with Crippen molar-refractivity contribution in [2.24, 2.45) is 17.3 Å². The molecule has 2 rings (SSSR count). The molecule has 0 aromatic rings. The van der Waals surface area contributed by atoms with Crippen molar-refractivity contribution in [3.63, 3.8) is 0 Å². The van der Waals surface area contributed by atoms with Gasteiger partial charge in [-0.1, -0.05) is 26.7 Å². The summed E-state index contributed by atoms with van der Waals surface area (Å²) in [6.07, 6.45) is 4.93. The van der Waals surface area contributed by atoms with Crippen molar-refractivity contribution >= 4 is 11.8 Å². The molecule has 1 saturated heterocycles. The van der Waals surface area contributed by atoms with E-state index in [1.807, 2.05) is 0 Å². The van der Waals surface area contributed by atoms with Crippen LogP contribution in [0, 0.1) is 17.3 Å². The summed E-state index contributed by atoms with van der Waals surface area (Å²) in [5.74, 6) is 0.268. The Morgan fingerprint density at radius 2 is 2.20 bits per heavy atom. The lowest BCUT2D eigenvalue weighted by Crippen LogP contribution is -2.53. The highest BCUT2D eigenvalue weighted by molar-refractivity contribution is 6.03. The molecule has 2 amide bonds. The van der Waals surface area contributed by atoms with Gasteiger partial charge in [0.15, 0.2) is 0 Å². The van der Waals surface area contributed by atoms with Crippen LogP contribution in [0.2, 0.25) is 0 Å². The van der Waals surface area contributed by atoms with Gasteiger partial charge in [0.2, 0.25) is 11.8 Å². The summed E-state index contributed by atoms with van der Waals surface area (Å²) in [6, 6.07) is 0. The Morgan fingerprint density at radius 1 is 1.47 bits per heavy atom. The van der Waals surface area contributed by atoms with Crippen LogP contribution in [0.15, 0.2) is 0 Å². The lowest BCUT2D eigenvalue weighted by atomic mass is 9.70. The number of carbonyl (C=O) groups is 2. The molecule has 3 atom stereocenters. The van der Waals surface area contributed by atoms with Crippen molar-refractivity contribution in [2.45, 2.75) is 46.0 Å². The minimum atomic E-state index is -0.228. The fourth-order valence-electron chi connectivity index (χ4n) is 3.24. The number of piperidine rings is 1. The summed E-state index contributed by atoms with van der Waals surface area (Å²) in [4.78, 5) is 23.5. The Kier molecular flexibility index (Phi) is 2.57. The molecular weight excluding hydrogens is 190 g/mol. The first-order valence-electron chi connectivity index (χ1n) is 5.97. The lowest BCUT2D eigenvalue weighted by Gasteiger charge is -2.37. The van der Waals surface area contributed by atoms with E-state index in [0.717, 1.165) is 32.1 Å².